The number of carbonyl (C=O) groups excluding carboxylic acids is 1. The van der Waals surface area contributed by atoms with E-state index in [9.17, 15) is 18.0 Å². The first-order valence-corrected chi connectivity index (χ1v) is 10.7. The van der Waals surface area contributed by atoms with Crippen LogP contribution in [-0.2, 0) is 9.53 Å². The number of piperidine rings is 1. The van der Waals surface area contributed by atoms with Gasteiger partial charge in [0, 0.05) is 36.6 Å². The minimum atomic E-state index is -5.08. The van der Waals surface area contributed by atoms with Gasteiger partial charge in [0.2, 0.25) is 5.95 Å². The van der Waals surface area contributed by atoms with Gasteiger partial charge in [-0.2, -0.15) is 13.2 Å². The summed E-state index contributed by atoms with van der Waals surface area (Å²) < 4.78 is 37.6. The summed E-state index contributed by atoms with van der Waals surface area (Å²) in [6.45, 7) is 2.16. The van der Waals surface area contributed by atoms with Crippen molar-refractivity contribution in [1.82, 2.24) is 9.97 Å². The van der Waals surface area contributed by atoms with Crippen LogP contribution in [0.3, 0.4) is 0 Å². The number of nitrogens with one attached hydrogen (secondary N) is 1. The van der Waals surface area contributed by atoms with Gasteiger partial charge in [-0.3, -0.25) is 4.90 Å². The smallest absolute Gasteiger partial charge is 0.475 e. The molecule has 5 rings (SSSR count). The number of anilines is 2. The maximum absolute atomic E-state index is 12.4. The number of hydrogen-bond acceptors (Lipinski definition) is 5. The Balaban J connectivity index is 0.000000344. The van der Waals surface area contributed by atoms with E-state index < -0.39 is 17.7 Å². The standard InChI is InChI=1S/C20H19ClN4O2.C2HF3O2/c21-14-6-7-16-17(12-14)23-18(22-16)24-10-8-20(9-11-24)13-25(19(26)27-20)15-4-2-1-3-5-15;3-2(4,5)1(6)7/h1-7,12H,8-11,13H2,(H,22,23);(H,6,7). The first kappa shape index (κ1) is 23.7. The molecule has 2 aliphatic heterocycles. The van der Waals surface area contributed by atoms with Crippen LogP contribution in [0.25, 0.3) is 11.0 Å². The van der Waals surface area contributed by atoms with Gasteiger partial charge < -0.3 is 19.7 Å². The third-order valence-electron chi connectivity index (χ3n) is 5.69. The number of halogens is 4. The fraction of sp³-hybridized carbons (Fsp3) is 0.318. The number of carbonyl (C=O) groups is 2. The van der Waals surface area contributed by atoms with Gasteiger partial charge in [-0.1, -0.05) is 29.8 Å². The fourth-order valence-electron chi connectivity index (χ4n) is 3.93. The van der Waals surface area contributed by atoms with Crippen molar-refractivity contribution >= 4 is 46.3 Å². The van der Waals surface area contributed by atoms with E-state index in [0.717, 1.165) is 48.6 Å². The van der Waals surface area contributed by atoms with Crippen LogP contribution in [0, 0.1) is 0 Å². The predicted molar refractivity (Wildman–Crippen MR) is 119 cm³/mol. The normalized spacial score (nSPS) is 17.5. The number of imidazole rings is 1. The Morgan fingerprint density at radius 1 is 1.15 bits per heavy atom. The quantitative estimate of drug-likeness (QED) is 0.526. The first-order chi connectivity index (χ1) is 16.1. The maximum Gasteiger partial charge on any atom is 0.490 e. The van der Waals surface area contributed by atoms with E-state index in [2.05, 4.69) is 14.9 Å². The Morgan fingerprint density at radius 2 is 1.79 bits per heavy atom. The van der Waals surface area contributed by atoms with Crippen molar-refractivity contribution in [2.45, 2.75) is 24.6 Å². The van der Waals surface area contributed by atoms with Gasteiger partial charge in [0.25, 0.3) is 0 Å². The molecule has 2 N–H and O–H groups in total. The highest BCUT2D eigenvalue weighted by Gasteiger charge is 2.47. The third-order valence-corrected chi connectivity index (χ3v) is 5.92. The predicted octanol–water partition coefficient (Wildman–Crippen LogP) is 4.85. The van der Waals surface area contributed by atoms with Gasteiger partial charge in [0.15, 0.2) is 0 Å². The van der Waals surface area contributed by atoms with Gasteiger partial charge in [-0.05, 0) is 30.3 Å². The molecular formula is C22H20ClF3N4O4. The molecule has 0 saturated carbocycles. The lowest BCUT2D eigenvalue weighted by Gasteiger charge is -2.37. The van der Waals surface area contributed by atoms with Crippen LogP contribution in [0.2, 0.25) is 5.02 Å². The van der Waals surface area contributed by atoms with Gasteiger partial charge in [0.05, 0.1) is 17.6 Å². The second kappa shape index (κ2) is 9.05. The van der Waals surface area contributed by atoms with Gasteiger partial charge in [-0.15, -0.1) is 0 Å². The first-order valence-electron chi connectivity index (χ1n) is 10.3. The molecule has 2 aliphatic rings. The van der Waals surface area contributed by atoms with Gasteiger partial charge in [0.1, 0.15) is 5.60 Å². The van der Waals surface area contributed by atoms with Crippen LogP contribution in [0.1, 0.15) is 12.8 Å². The summed E-state index contributed by atoms with van der Waals surface area (Å²) in [4.78, 5) is 33.3. The second-order valence-electron chi connectivity index (χ2n) is 7.98. The Bertz CT molecular complexity index is 1190. The zero-order valence-corrected chi connectivity index (χ0v) is 18.4. The Labute approximate surface area is 196 Å². The molecule has 2 fully saturated rings. The molecular weight excluding hydrogens is 477 g/mol. The average molecular weight is 497 g/mol. The molecule has 2 saturated heterocycles. The molecule has 0 unspecified atom stereocenters. The minimum Gasteiger partial charge on any atom is -0.475 e. The molecule has 180 valence electrons. The monoisotopic (exact) mass is 496 g/mol. The molecule has 1 amide bonds. The molecule has 0 aliphatic carbocycles. The van der Waals surface area contributed by atoms with Crippen LogP contribution < -0.4 is 9.80 Å². The topological polar surface area (TPSA) is 98.8 Å². The number of amides is 1. The van der Waals surface area contributed by atoms with E-state index in [0.29, 0.717) is 11.6 Å². The highest BCUT2D eigenvalue weighted by molar-refractivity contribution is 6.31. The number of carboxylic acid groups (broad SMARTS) is 1. The van der Waals surface area contributed by atoms with E-state index in [1.807, 2.05) is 48.5 Å². The number of H-pyrrole nitrogens is 1. The number of nitrogens with zero attached hydrogens (tertiary/aromatic N) is 3. The van der Waals surface area contributed by atoms with Crippen LogP contribution in [-0.4, -0.2) is 58.5 Å². The number of fused-ring (bicyclic) bond motifs is 1. The van der Waals surface area contributed by atoms with Crippen LogP contribution in [0.5, 0.6) is 0 Å². The zero-order chi connectivity index (χ0) is 24.5. The molecule has 34 heavy (non-hydrogen) atoms. The van der Waals surface area contributed by atoms with E-state index >= 15 is 0 Å². The summed E-state index contributed by atoms with van der Waals surface area (Å²) in [5, 5.41) is 7.80. The maximum atomic E-state index is 12.4. The largest absolute Gasteiger partial charge is 0.490 e. The summed E-state index contributed by atoms with van der Waals surface area (Å²) >= 11 is 6.05. The number of carboxylic acids is 1. The highest BCUT2D eigenvalue weighted by atomic mass is 35.5. The van der Waals surface area contributed by atoms with Crippen molar-refractivity contribution in [1.29, 1.82) is 0 Å². The molecule has 2 aromatic carbocycles. The minimum absolute atomic E-state index is 0.256. The molecule has 1 spiro atoms. The third kappa shape index (κ3) is 5.04. The van der Waals surface area contributed by atoms with E-state index in [-0.39, 0.29) is 6.09 Å². The number of ether oxygens (including phenoxy) is 1. The lowest BCUT2D eigenvalue weighted by atomic mass is 9.91. The molecule has 3 heterocycles. The molecule has 0 radical (unpaired) electrons. The Morgan fingerprint density at radius 3 is 2.41 bits per heavy atom. The summed E-state index contributed by atoms with van der Waals surface area (Å²) in [7, 11) is 0. The van der Waals surface area contributed by atoms with Crippen molar-refractivity contribution in [2.75, 3.05) is 29.4 Å². The zero-order valence-electron chi connectivity index (χ0n) is 17.7. The van der Waals surface area contributed by atoms with Gasteiger partial charge >= 0.3 is 18.2 Å². The van der Waals surface area contributed by atoms with Crippen molar-refractivity contribution in [3.63, 3.8) is 0 Å². The molecule has 3 aromatic rings. The van der Waals surface area contributed by atoms with Crippen LogP contribution in [0.4, 0.5) is 29.6 Å². The SMILES string of the molecule is O=C(O)C(F)(F)F.O=C1OC2(CCN(c3nc4cc(Cl)ccc4[nH]3)CC2)CN1c1ccccc1. The van der Waals surface area contributed by atoms with E-state index in [4.69, 9.17) is 26.2 Å². The fourth-order valence-corrected chi connectivity index (χ4v) is 4.10. The van der Waals surface area contributed by atoms with Crippen molar-refractivity contribution in [2.24, 2.45) is 0 Å². The summed E-state index contributed by atoms with van der Waals surface area (Å²) in [5.41, 5.74) is 2.30. The lowest BCUT2D eigenvalue weighted by Crippen LogP contribution is -2.47. The molecule has 1 aromatic heterocycles. The number of aromatic nitrogens is 2. The molecule has 0 atom stereocenters. The Hall–Kier alpha value is -3.47. The summed E-state index contributed by atoms with van der Waals surface area (Å²) in [6.07, 6.45) is -3.78. The number of hydrogen-bond donors (Lipinski definition) is 2. The van der Waals surface area contributed by atoms with Crippen molar-refractivity contribution in [3.8, 4) is 0 Å². The Kier molecular flexibility index (Phi) is 6.30. The van der Waals surface area contributed by atoms with Crippen molar-refractivity contribution in [3.05, 3.63) is 53.6 Å². The van der Waals surface area contributed by atoms with E-state index in [1.165, 1.54) is 0 Å². The van der Waals surface area contributed by atoms with Gasteiger partial charge in [-0.25, -0.2) is 14.6 Å². The van der Waals surface area contributed by atoms with Crippen molar-refractivity contribution < 1.29 is 32.6 Å². The number of para-hydroxylation sites is 1. The highest BCUT2D eigenvalue weighted by Crippen LogP contribution is 2.36. The summed E-state index contributed by atoms with van der Waals surface area (Å²) in [5.74, 6) is -1.92. The van der Waals surface area contributed by atoms with Crippen LogP contribution >= 0.6 is 11.6 Å². The second-order valence-corrected chi connectivity index (χ2v) is 8.42. The number of aliphatic carboxylic acids is 1. The number of alkyl halides is 3. The molecule has 0 bridgehead atoms. The average Bonchev–Trinajstić information content (AvgIpc) is 3.35. The number of aromatic amines is 1. The molecule has 8 nitrogen and oxygen atoms in total. The van der Waals surface area contributed by atoms with Crippen LogP contribution in [0.15, 0.2) is 48.5 Å². The van der Waals surface area contributed by atoms with E-state index in [1.54, 1.807) is 4.90 Å². The number of rotatable bonds is 2. The molecule has 12 heteroatoms. The summed E-state index contributed by atoms with van der Waals surface area (Å²) in [6, 6.07) is 15.3. The number of benzene rings is 2. The lowest BCUT2D eigenvalue weighted by molar-refractivity contribution is -0.192.